The number of carbonyl (C=O) groups excluding carboxylic acids is 1. The molecular weight excluding hydrogens is 276 g/mol. The summed E-state index contributed by atoms with van der Waals surface area (Å²) in [4.78, 5) is 18.5. The first-order chi connectivity index (χ1) is 9.43. The average Bonchev–Trinajstić information content (AvgIpc) is 2.89. The van der Waals surface area contributed by atoms with Gasteiger partial charge >= 0.3 is 5.97 Å². The number of anilines is 1. The van der Waals surface area contributed by atoms with Crippen molar-refractivity contribution in [1.82, 2.24) is 4.98 Å². The molecule has 20 heavy (non-hydrogen) atoms. The van der Waals surface area contributed by atoms with Crippen molar-refractivity contribution in [3.63, 3.8) is 0 Å². The summed E-state index contributed by atoms with van der Waals surface area (Å²) in [5.74, 6) is -0.242. The Bertz CT molecular complexity index is 432. The van der Waals surface area contributed by atoms with Crippen molar-refractivity contribution in [3.8, 4) is 0 Å². The molecule has 0 aliphatic heterocycles. The summed E-state index contributed by atoms with van der Waals surface area (Å²) in [6.45, 7) is 10.0. The fourth-order valence-corrected chi connectivity index (χ4v) is 2.57. The molecule has 0 aromatic carbocycles. The fourth-order valence-electron chi connectivity index (χ4n) is 1.58. The summed E-state index contributed by atoms with van der Waals surface area (Å²) in [5, 5.41) is 2.81. The number of carbonyl (C=O) groups is 1. The minimum Gasteiger partial charge on any atom is -0.465 e. The monoisotopic (exact) mass is 300 g/mol. The Kier molecular flexibility index (Phi) is 6.42. The molecule has 5 nitrogen and oxygen atoms in total. The highest BCUT2D eigenvalue weighted by Gasteiger charge is 2.34. The van der Waals surface area contributed by atoms with E-state index in [0.29, 0.717) is 19.8 Å². The maximum atomic E-state index is 12.0. The maximum absolute atomic E-state index is 12.0. The van der Waals surface area contributed by atoms with Crippen LogP contribution in [0.3, 0.4) is 0 Å². The second-order valence-corrected chi connectivity index (χ2v) is 5.82. The Morgan fingerprint density at radius 2 is 2.10 bits per heavy atom. The van der Waals surface area contributed by atoms with Crippen molar-refractivity contribution in [2.45, 2.75) is 33.1 Å². The lowest BCUT2D eigenvalue weighted by Crippen LogP contribution is -2.31. The van der Waals surface area contributed by atoms with Gasteiger partial charge in [-0.2, -0.15) is 0 Å². The van der Waals surface area contributed by atoms with Gasteiger partial charge in [-0.1, -0.05) is 0 Å². The third-order valence-electron chi connectivity index (χ3n) is 3.02. The predicted molar refractivity (Wildman–Crippen MR) is 81.5 cm³/mol. The minimum absolute atomic E-state index is 0.242. The Balaban J connectivity index is 2.73. The van der Waals surface area contributed by atoms with Crippen molar-refractivity contribution in [2.75, 3.05) is 38.3 Å². The van der Waals surface area contributed by atoms with E-state index in [1.165, 1.54) is 11.3 Å². The van der Waals surface area contributed by atoms with Crippen LogP contribution in [0.15, 0.2) is 5.38 Å². The van der Waals surface area contributed by atoms with Gasteiger partial charge in [-0.3, -0.25) is 4.79 Å². The smallest absolute Gasteiger partial charge is 0.317 e. The van der Waals surface area contributed by atoms with Gasteiger partial charge in [0.2, 0.25) is 0 Å². The van der Waals surface area contributed by atoms with E-state index in [0.717, 1.165) is 17.4 Å². The zero-order valence-corrected chi connectivity index (χ0v) is 13.7. The maximum Gasteiger partial charge on any atom is 0.317 e. The Labute approximate surface area is 124 Å². The van der Waals surface area contributed by atoms with Gasteiger partial charge in [-0.15, -0.1) is 11.3 Å². The van der Waals surface area contributed by atoms with Crippen LogP contribution in [0, 0.1) is 0 Å². The number of esters is 1. The van der Waals surface area contributed by atoms with Crippen LogP contribution in [0.2, 0.25) is 0 Å². The molecule has 0 fully saturated rings. The minimum atomic E-state index is -0.717. The molecule has 114 valence electrons. The zero-order chi connectivity index (χ0) is 15.2. The number of likely N-dealkylation sites (N-methyl/N-ethyl adjacent to an activating group) is 1. The lowest BCUT2D eigenvalue weighted by Gasteiger charge is -2.20. The number of hydrogen-bond acceptors (Lipinski definition) is 6. The van der Waals surface area contributed by atoms with Gasteiger partial charge < -0.3 is 14.4 Å². The van der Waals surface area contributed by atoms with Crippen LogP contribution < -0.4 is 4.90 Å². The number of hydrogen-bond donors (Lipinski definition) is 0. The molecule has 0 N–H and O–H groups in total. The molecule has 1 aromatic heterocycles. The summed E-state index contributed by atoms with van der Waals surface area (Å²) in [6, 6.07) is 0. The highest BCUT2D eigenvalue weighted by atomic mass is 32.1. The molecule has 0 spiro atoms. The second-order valence-electron chi connectivity index (χ2n) is 4.98. The lowest BCUT2D eigenvalue weighted by atomic mass is 9.90. The third-order valence-corrected chi connectivity index (χ3v) is 3.97. The zero-order valence-electron chi connectivity index (χ0n) is 12.9. The summed E-state index contributed by atoms with van der Waals surface area (Å²) in [5.41, 5.74) is 0.0325. The third kappa shape index (κ3) is 4.18. The van der Waals surface area contributed by atoms with Crippen molar-refractivity contribution in [1.29, 1.82) is 0 Å². The van der Waals surface area contributed by atoms with Crippen molar-refractivity contribution >= 4 is 22.4 Å². The van der Waals surface area contributed by atoms with Gasteiger partial charge in [0.1, 0.15) is 5.41 Å². The molecule has 0 aliphatic carbocycles. The van der Waals surface area contributed by atoms with Crippen molar-refractivity contribution in [2.24, 2.45) is 0 Å². The molecule has 0 radical (unpaired) electrons. The van der Waals surface area contributed by atoms with Crippen LogP contribution in [-0.2, 0) is 19.7 Å². The van der Waals surface area contributed by atoms with E-state index in [1.807, 2.05) is 45.0 Å². The molecule has 1 rings (SSSR count). The van der Waals surface area contributed by atoms with Gasteiger partial charge in [0, 0.05) is 25.6 Å². The SMILES string of the molecule is CCOCCN(C)c1nc(C(C)(C)C(=O)OCC)cs1. The summed E-state index contributed by atoms with van der Waals surface area (Å²) >= 11 is 1.53. The van der Waals surface area contributed by atoms with E-state index in [1.54, 1.807) is 0 Å². The molecule has 6 heteroatoms. The molecule has 0 aliphatic rings. The highest BCUT2D eigenvalue weighted by Crippen LogP contribution is 2.29. The van der Waals surface area contributed by atoms with Crippen LogP contribution >= 0.6 is 11.3 Å². The molecule has 0 unspecified atom stereocenters. The Morgan fingerprint density at radius 3 is 2.70 bits per heavy atom. The molecule has 0 bridgehead atoms. The lowest BCUT2D eigenvalue weighted by molar-refractivity contribution is -0.148. The van der Waals surface area contributed by atoms with E-state index in [2.05, 4.69) is 4.98 Å². The van der Waals surface area contributed by atoms with Gasteiger partial charge in [-0.25, -0.2) is 4.98 Å². The molecule has 1 heterocycles. The summed E-state index contributed by atoms with van der Waals surface area (Å²) in [7, 11) is 1.97. The molecule has 1 aromatic rings. The topological polar surface area (TPSA) is 51.7 Å². The number of thiazole rings is 1. The van der Waals surface area contributed by atoms with Crippen LogP contribution in [0.4, 0.5) is 5.13 Å². The molecule has 0 atom stereocenters. The number of rotatable bonds is 8. The van der Waals surface area contributed by atoms with Crippen LogP contribution in [-0.4, -0.2) is 44.4 Å². The predicted octanol–water partition coefficient (Wildman–Crippen LogP) is 2.46. The van der Waals surface area contributed by atoms with E-state index in [-0.39, 0.29) is 5.97 Å². The van der Waals surface area contributed by atoms with Crippen LogP contribution in [0.5, 0.6) is 0 Å². The number of aromatic nitrogens is 1. The van der Waals surface area contributed by atoms with E-state index in [9.17, 15) is 4.79 Å². The molecular formula is C14H24N2O3S. The van der Waals surface area contributed by atoms with Gasteiger partial charge in [0.15, 0.2) is 5.13 Å². The second kappa shape index (κ2) is 7.59. The van der Waals surface area contributed by atoms with Crippen molar-refractivity contribution < 1.29 is 14.3 Å². The largest absolute Gasteiger partial charge is 0.465 e. The fraction of sp³-hybridized carbons (Fsp3) is 0.714. The highest BCUT2D eigenvalue weighted by molar-refractivity contribution is 7.13. The summed E-state index contributed by atoms with van der Waals surface area (Å²) < 4.78 is 10.4. The standard InChI is InChI=1S/C14H24N2O3S/c1-6-18-9-8-16(5)13-15-11(10-20-13)14(3,4)12(17)19-7-2/h10H,6-9H2,1-5H3. The first-order valence-corrected chi connectivity index (χ1v) is 7.73. The first-order valence-electron chi connectivity index (χ1n) is 6.85. The summed E-state index contributed by atoms with van der Waals surface area (Å²) in [6.07, 6.45) is 0. The number of ether oxygens (including phenoxy) is 2. The quantitative estimate of drug-likeness (QED) is 0.545. The molecule has 0 saturated heterocycles. The first kappa shape index (κ1) is 16.9. The van der Waals surface area contributed by atoms with Crippen LogP contribution in [0.25, 0.3) is 0 Å². The van der Waals surface area contributed by atoms with E-state index in [4.69, 9.17) is 9.47 Å². The van der Waals surface area contributed by atoms with Gasteiger partial charge in [0.05, 0.1) is 18.9 Å². The van der Waals surface area contributed by atoms with E-state index < -0.39 is 5.41 Å². The van der Waals surface area contributed by atoms with E-state index >= 15 is 0 Å². The molecule has 0 amide bonds. The normalized spacial score (nSPS) is 11.4. The number of nitrogens with zero attached hydrogens (tertiary/aromatic N) is 2. The van der Waals surface area contributed by atoms with Crippen molar-refractivity contribution in [3.05, 3.63) is 11.1 Å². The molecule has 0 saturated carbocycles. The Morgan fingerprint density at radius 1 is 1.40 bits per heavy atom. The van der Waals surface area contributed by atoms with Gasteiger partial charge in [0.25, 0.3) is 0 Å². The Hall–Kier alpha value is -1.14. The van der Waals surface area contributed by atoms with Crippen LogP contribution in [0.1, 0.15) is 33.4 Å². The average molecular weight is 300 g/mol. The van der Waals surface area contributed by atoms with Gasteiger partial charge in [-0.05, 0) is 27.7 Å².